The summed E-state index contributed by atoms with van der Waals surface area (Å²) in [4.78, 5) is 9.05. The zero-order valence-electron chi connectivity index (χ0n) is 20.3. The Morgan fingerprint density at radius 1 is 1.09 bits per heavy atom. The van der Waals surface area contributed by atoms with Crippen LogP contribution in [0.1, 0.15) is 111 Å². The van der Waals surface area contributed by atoms with Crippen LogP contribution in [0.4, 0.5) is 13.2 Å². The van der Waals surface area contributed by atoms with Gasteiger partial charge in [0.15, 0.2) is 0 Å². The molecule has 35 heavy (non-hydrogen) atoms. The van der Waals surface area contributed by atoms with E-state index in [1.165, 1.54) is 6.07 Å². The largest absolute Gasteiger partial charge is 0.417 e. The first-order valence-corrected chi connectivity index (χ1v) is 12.1. The van der Waals surface area contributed by atoms with Crippen LogP contribution in [0.3, 0.4) is 0 Å². The highest BCUT2D eigenvalue weighted by Crippen LogP contribution is 2.59. The van der Waals surface area contributed by atoms with E-state index in [0.717, 1.165) is 23.4 Å². The molecule has 0 aromatic carbocycles. The highest BCUT2D eigenvalue weighted by molar-refractivity contribution is 5.54. The van der Waals surface area contributed by atoms with Crippen molar-refractivity contribution < 1.29 is 32.9 Å². The van der Waals surface area contributed by atoms with Crippen molar-refractivity contribution in [2.75, 3.05) is 13.2 Å². The first-order valence-electron chi connectivity index (χ1n) is 12.1. The molecule has 2 aliphatic heterocycles. The maximum atomic E-state index is 13.2. The van der Waals surface area contributed by atoms with Gasteiger partial charge in [-0.15, -0.1) is 0 Å². The van der Waals surface area contributed by atoms with Gasteiger partial charge in [-0.2, -0.15) is 13.2 Å². The standard InChI is InChI=1S/C26H31F3N2O4/c1-13(2)20-18-19(17-16(32)11-24(3,4)23(33)21(17)31-20)25(7-9-34-10-8-25)35-22(18)15-6-5-14(12-30-15)26(27,28)29/h5-6,12-13,16,22-23,32-33H,7-11H2,1-4H3/t16-,22+,23-/m0/s1. The van der Waals surface area contributed by atoms with E-state index < -0.39 is 41.1 Å². The zero-order chi connectivity index (χ0) is 25.3. The van der Waals surface area contributed by atoms with Gasteiger partial charge >= 0.3 is 6.18 Å². The van der Waals surface area contributed by atoms with Crippen LogP contribution in [0.2, 0.25) is 0 Å². The summed E-state index contributed by atoms with van der Waals surface area (Å²) in [6.45, 7) is 8.68. The summed E-state index contributed by atoms with van der Waals surface area (Å²) in [5.41, 5.74) is 1.48. The summed E-state index contributed by atoms with van der Waals surface area (Å²) in [5, 5.41) is 22.6. The molecule has 1 fully saturated rings. The molecular weight excluding hydrogens is 461 g/mol. The van der Waals surface area contributed by atoms with E-state index in [9.17, 15) is 23.4 Å². The Bertz CT molecular complexity index is 1120. The Morgan fingerprint density at radius 2 is 1.77 bits per heavy atom. The van der Waals surface area contributed by atoms with Crippen LogP contribution in [0.25, 0.3) is 0 Å². The first kappa shape index (κ1) is 24.6. The number of ether oxygens (including phenoxy) is 2. The number of pyridine rings is 2. The molecule has 1 saturated heterocycles. The molecule has 3 aliphatic rings. The van der Waals surface area contributed by atoms with Crippen LogP contribution in [-0.4, -0.2) is 33.4 Å². The van der Waals surface area contributed by atoms with Crippen molar-refractivity contribution >= 4 is 0 Å². The topological polar surface area (TPSA) is 84.7 Å². The molecule has 0 unspecified atom stereocenters. The predicted molar refractivity (Wildman–Crippen MR) is 121 cm³/mol. The Kier molecular flexibility index (Phi) is 5.79. The van der Waals surface area contributed by atoms with Gasteiger partial charge in [-0.3, -0.25) is 9.97 Å². The third-order valence-corrected chi connectivity index (χ3v) is 7.67. The number of alkyl halides is 3. The van der Waals surface area contributed by atoms with Crippen LogP contribution in [-0.2, 0) is 21.3 Å². The van der Waals surface area contributed by atoms with E-state index >= 15 is 0 Å². The lowest BCUT2D eigenvalue weighted by Gasteiger charge is -2.42. The van der Waals surface area contributed by atoms with Crippen molar-refractivity contribution in [3.63, 3.8) is 0 Å². The molecule has 0 bridgehead atoms. The molecule has 0 saturated carbocycles. The average Bonchev–Trinajstić information content (AvgIpc) is 3.10. The quantitative estimate of drug-likeness (QED) is 0.597. The number of aliphatic hydroxyl groups excluding tert-OH is 2. The summed E-state index contributed by atoms with van der Waals surface area (Å²) >= 11 is 0. The fourth-order valence-corrected chi connectivity index (χ4v) is 5.82. The molecule has 1 spiro atoms. The van der Waals surface area contributed by atoms with Crippen LogP contribution >= 0.6 is 0 Å². The average molecular weight is 493 g/mol. The van der Waals surface area contributed by atoms with E-state index in [0.29, 0.717) is 55.1 Å². The second kappa shape index (κ2) is 8.23. The minimum absolute atomic E-state index is 0.0565. The molecule has 0 amide bonds. The van der Waals surface area contributed by atoms with E-state index in [-0.39, 0.29) is 5.92 Å². The summed E-state index contributed by atoms with van der Waals surface area (Å²) in [6, 6.07) is 2.37. The number of halogens is 3. The monoisotopic (exact) mass is 492 g/mol. The molecule has 9 heteroatoms. The predicted octanol–water partition coefficient (Wildman–Crippen LogP) is 5.24. The van der Waals surface area contributed by atoms with Crippen LogP contribution < -0.4 is 0 Å². The van der Waals surface area contributed by atoms with E-state index in [4.69, 9.17) is 14.5 Å². The Balaban J connectivity index is 1.76. The van der Waals surface area contributed by atoms with Crippen molar-refractivity contribution in [2.45, 2.75) is 83.0 Å². The van der Waals surface area contributed by atoms with Gasteiger partial charge in [-0.05, 0) is 35.4 Å². The van der Waals surface area contributed by atoms with Crippen molar-refractivity contribution in [1.29, 1.82) is 0 Å². The Morgan fingerprint density at radius 3 is 2.34 bits per heavy atom. The molecule has 6 nitrogen and oxygen atoms in total. The minimum Gasteiger partial charge on any atom is -0.388 e. The van der Waals surface area contributed by atoms with Gasteiger partial charge in [-0.1, -0.05) is 27.7 Å². The number of aliphatic hydroxyl groups is 2. The highest BCUT2D eigenvalue weighted by Gasteiger charge is 2.54. The summed E-state index contributed by atoms with van der Waals surface area (Å²) in [7, 11) is 0. The Labute approximate surface area is 202 Å². The van der Waals surface area contributed by atoms with Crippen LogP contribution in [0, 0.1) is 5.41 Å². The number of hydrogen-bond donors (Lipinski definition) is 2. The maximum Gasteiger partial charge on any atom is 0.417 e. The normalized spacial score (nSPS) is 27.2. The summed E-state index contributed by atoms with van der Waals surface area (Å²) in [5.74, 6) is -0.0565. The van der Waals surface area contributed by atoms with Gasteiger partial charge in [0, 0.05) is 49.1 Å². The molecule has 190 valence electrons. The lowest BCUT2D eigenvalue weighted by Crippen LogP contribution is -2.38. The second-order valence-electron chi connectivity index (χ2n) is 10.9. The molecule has 2 aromatic rings. The number of hydrogen-bond acceptors (Lipinski definition) is 6. The molecular formula is C26H31F3N2O4. The fraction of sp³-hybridized carbons (Fsp3) is 0.615. The molecule has 3 atom stereocenters. The number of fused-ring (bicyclic) bond motifs is 4. The molecule has 2 N–H and O–H groups in total. The molecule has 4 heterocycles. The Hall–Kier alpha value is -2.07. The van der Waals surface area contributed by atoms with Gasteiger partial charge in [0.1, 0.15) is 12.2 Å². The number of rotatable bonds is 2. The van der Waals surface area contributed by atoms with Crippen LogP contribution in [0.5, 0.6) is 0 Å². The first-order chi connectivity index (χ1) is 16.4. The smallest absolute Gasteiger partial charge is 0.388 e. The van der Waals surface area contributed by atoms with Gasteiger partial charge in [0.2, 0.25) is 0 Å². The zero-order valence-corrected chi connectivity index (χ0v) is 20.3. The van der Waals surface area contributed by atoms with Crippen molar-refractivity contribution in [2.24, 2.45) is 5.41 Å². The fourth-order valence-electron chi connectivity index (χ4n) is 5.82. The van der Waals surface area contributed by atoms with Gasteiger partial charge < -0.3 is 19.7 Å². The summed E-state index contributed by atoms with van der Waals surface area (Å²) in [6.07, 6.45) is -4.72. The third kappa shape index (κ3) is 3.87. The lowest BCUT2D eigenvalue weighted by molar-refractivity contribution is -0.138. The summed E-state index contributed by atoms with van der Waals surface area (Å²) < 4.78 is 51.9. The van der Waals surface area contributed by atoms with E-state index in [2.05, 4.69) is 4.98 Å². The maximum absolute atomic E-state index is 13.2. The molecule has 1 aliphatic carbocycles. The lowest BCUT2D eigenvalue weighted by atomic mass is 9.68. The van der Waals surface area contributed by atoms with Gasteiger partial charge in [0.25, 0.3) is 0 Å². The molecule has 5 rings (SSSR count). The van der Waals surface area contributed by atoms with Crippen LogP contribution in [0.15, 0.2) is 18.3 Å². The van der Waals surface area contributed by atoms with E-state index in [1.807, 2.05) is 27.7 Å². The van der Waals surface area contributed by atoms with Crippen molar-refractivity contribution in [3.05, 3.63) is 57.7 Å². The van der Waals surface area contributed by atoms with Crippen molar-refractivity contribution in [3.8, 4) is 0 Å². The molecule has 0 radical (unpaired) electrons. The second-order valence-corrected chi connectivity index (χ2v) is 10.9. The highest BCUT2D eigenvalue weighted by atomic mass is 19.4. The third-order valence-electron chi connectivity index (χ3n) is 7.67. The molecule has 2 aromatic heterocycles. The SMILES string of the molecule is CC(C)c1nc2c(c3c1[C@@H](c1ccc(C(F)(F)F)cn1)OC31CCOCC1)[C@@H](O)CC(C)(C)[C@H]2O. The number of nitrogens with zero attached hydrogens (tertiary/aromatic N) is 2. The van der Waals surface area contributed by atoms with E-state index in [1.54, 1.807) is 0 Å². The minimum atomic E-state index is -4.49. The van der Waals surface area contributed by atoms with Crippen molar-refractivity contribution in [1.82, 2.24) is 9.97 Å². The number of aromatic nitrogens is 2. The van der Waals surface area contributed by atoms with Gasteiger partial charge in [-0.25, -0.2) is 0 Å². The van der Waals surface area contributed by atoms with Gasteiger partial charge in [0.05, 0.1) is 28.7 Å².